The van der Waals surface area contributed by atoms with Gasteiger partial charge in [0.2, 0.25) is 5.91 Å². The molecule has 1 aromatic rings. The lowest BCUT2D eigenvalue weighted by Gasteiger charge is -2.11. The molecular formula is C10H19ClN4O. The van der Waals surface area contributed by atoms with Crippen LogP contribution in [0.5, 0.6) is 0 Å². The molecule has 6 heteroatoms. The SMILES string of the molecule is CNCCC(=O)Nc1ccnn1C(C)C.Cl. The van der Waals surface area contributed by atoms with Gasteiger partial charge in [-0.1, -0.05) is 0 Å². The van der Waals surface area contributed by atoms with E-state index in [2.05, 4.69) is 15.7 Å². The van der Waals surface area contributed by atoms with Gasteiger partial charge in [-0.3, -0.25) is 4.79 Å². The lowest BCUT2D eigenvalue weighted by Crippen LogP contribution is -2.20. The summed E-state index contributed by atoms with van der Waals surface area (Å²) in [5.74, 6) is 0.762. The fourth-order valence-corrected chi connectivity index (χ4v) is 1.27. The first-order chi connectivity index (χ1) is 7.15. The van der Waals surface area contributed by atoms with E-state index in [9.17, 15) is 4.79 Å². The van der Waals surface area contributed by atoms with Crippen LogP contribution < -0.4 is 10.6 Å². The van der Waals surface area contributed by atoms with Crippen LogP contribution in [0.4, 0.5) is 5.82 Å². The second-order valence-electron chi connectivity index (χ2n) is 3.66. The van der Waals surface area contributed by atoms with Crippen LogP contribution in [-0.2, 0) is 4.79 Å². The van der Waals surface area contributed by atoms with Crippen molar-refractivity contribution in [3.05, 3.63) is 12.3 Å². The monoisotopic (exact) mass is 246 g/mol. The summed E-state index contributed by atoms with van der Waals surface area (Å²) in [6, 6.07) is 2.05. The average Bonchev–Trinajstić information content (AvgIpc) is 2.62. The third-order valence-corrected chi connectivity index (χ3v) is 2.03. The smallest absolute Gasteiger partial charge is 0.226 e. The molecule has 1 heterocycles. The van der Waals surface area contributed by atoms with E-state index in [0.29, 0.717) is 13.0 Å². The zero-order valence-electron chi connectivity index (χ0n) is 9.86. The first-order valence-corrected chi connectivity index (χ1v) is 5.13. The van der Waals surface area contributed by atoms with Crippen molar-refractivity contribution in [2.24, 2.45) is 0 Å². The number of nitrogens with one attached hydrogen (secondary N) is 2. The van der Waals surface area contributed by atoms with Crippen LogP contribution in [0, 0.1) is 0 Å². The Balaban J connectivity index is 0.00000225. The Hall–Kier alpha value is -1.07. The maximum atomic E-state index is 11.5. The van der Waals surface area contributed by atoms with Crippen molar-refractivity contribution in [3.8, 4) is 0 Å². The summed E-state index contributed by atoms with van der Waals surface area (Å²) in [4.78, 5) is 11.5. The Morgan fingerprint density at radius 2 is 2.25 bits per heavy atom. The van der Waals surface area contributed by atoms with Crippen LogP contribution >= 0.6 is 12.4 Å². The van der Waals surface area contributed by atoms with Crippen molar-refractivity contribution in [3.63, 3.8) is 0 Å². The molecule has 5 nitrogen and oxygen atoms in total. The van der Waals surface area contributed by atoms with E-state index in [0.717, 1.165) is 5.82 Å². The minimum atomic E-state index is 0. The Labute approximate surface area is 102 Å². The van der Waals surface area contributed by atoms with Crippen LogP contribution in [0.3, 0.4) is 0 Å². The summed E-state index contributed by atoms with van der Waals surface area (Å²) >= 11 is 0. The highest BCUT2D eigenvalue weighted by atomic mass is 35.5. The van der Waals surface area contributed by atoms with Gasteiger partial charge in [0.05, 0.1) is 6.20 Å². The molecule has 2 N–H and O–H groups in total. The third-order valence-electron chi connectivity index (χ3n) is 2.03. The summed E-state index contributed by atoms with van der Waals surface area (Å²) in [7, 11) is 1.83. The maximum absolute atomic E-state index is 11.5. The van der Waals surface area contributed by atoms with E-state index in [1.165, 1.54) is 0 Å². The molecule has 1 amide bonds. The minimum Gasteiger partial charge on any atom is -0.319 e. The summed E-state index contributed by atoms with van der Waals surface area (Å²) in [5, 5.41) is 9.90. The number of hydrogen-bond donors (Lipinski definition) is 2. The van der Waals surface area contributed by atoms with Crippen molar-refractivity contribution in [1.82, 2.24) is 15.1 Å². The molecule has 0 aliphatic rings. The molecule has 0 saturated heterocycles. The number of amides is 1. The predicted octanol–water partition coefficient (Wildman–Crippen LogP) is 1.43. The van der Waals surface area contributed by atoms with Gasteiger partial charge in [-0.25, -0.2) is 4.68 Å². The van der Waals surface area contributed by atoms with Gasteiger partial charge in [-0.15, -0.1) is 12.4 Å². The molecule has 0 bridgehead atoms. The first kappa shape index (κ1) is 14.9. The zero-order valence-corrected chi connectivity index (χ0v) is 10.7. The largest absolute Gasteiger partial charge is 0.319 e. The fourth-order valence-electron chi connectivity index (χ4n) is 1.27. The van der Waals surface area contributed by atoms with Gasteiger partial charge >= 0.3 is 0 Å². The van der Waals surface area contributed by atoms with Gasteiger partial charge < -0.3 is 10.6 Å². The lowest BCUT2D eigenvalue weighted by molar-refractivity contribution is -0.116. The number of anilines is 1. The van der Waals surface area contributed by atoms with E-state index in [-0.39, 0.29) is 24.4 Å². The van der Waals surface area contributed by atoms with Crippen molar-refractivity contribution in [2.75, 3.05) is 18.9 Å². The van der Waals surface area contributed by atoms with Gasteiger partial charge in [-0.05, 0) is 20.9 Å². The number of hydrogen-bond acceptors (Lipinski definition) is 3. The van der Waals surface area contributed by atoms with Crippen molar-refractivity contribution >= 4 is 24.1 Å². The van der Waals surface area contributed by atoms with Gasteiger partial charge in [0.25, 0.3) is 0 Å². The topological polar surface area (TPSA) is 59.0 Å². The standard InChI is InChI=1S/C10H18N4O.ClH/c1-8(2)14-9(4-7-12-14)13-10(15)5-6-11-3;/h4,7-8,11H,5-6H2,1-3H3,(H,13,15);1H. The molecule has 0 spiro atoms. The van der Waals surface area contributed by atoms with Crippen LogP contribution in [0.1, 0.15) is 26.3 Å². The van der Waals surface area contributed by atoms with Gasteiger partial charge in [0.15, 0.2) is 0 Å². The second-order valence-corrected chi connectivity index (χ2v) is 3.66. The highest BCUT2D eigenvalue weighted by Gasteiger charge is 2.08. The number of nitrogens with zero attached hydrogens (tertiary/aromatic N) is 2. The van der Waals surface area contributed by atoms with E-state index in [4.69, 9.17) is 0 Å². The number of carbonyl (C=O) groups is 1. The molecule has 1 rings (SSSR count). The van der Waals surface area contributed by atoms with Crippen LogP contribution in [0.25, 0.3) is 0 Å². The summed E-state index contributed by atoms with van der Waals surface area (Å²) in [6.45, 7) is 4.73. The van der Waals surface area contributed by atoms with Crippen LogP contribution in [0.2, 0.25) is 0 Å². The molecule has 0 aromatic carbocycles. The molecule has 0 fully saturated rings. The highest BCUT2D eigenvalue weighted by Crippen LogP contribution is 2.12. The zero-order chi connectivity index (χ0) is 11.3. The highest BCUT2D eigenvalue weighted by molar-refractivity contribution is 5.89. The molecule has 0 aliphatic carbocycles. The summed E-state index contributed by atoms with van der Waals surface area (Å²) < 4.78 is 1.79. The lowest BCUT2D eigenvalue weighted by atomic mass is 10.4. The molecule has 1 aromatic heterocycles. The van der Waals surface area contributed by atoms with E-state index < -0.39 is 0 Å². The van der Waals surface area contributed by atoms with Gasteiger partial charge in [-0.2, -0.15) is 5.10 Å². The molecule has 0 aliphatic heterocycles. The van der Waals surface area contributed by atoms with Crippen LogP contribution in [-0.4, -0.2) is 29.3 Å². The number of aromatic nitrogens is 2. The molecule has 0 unspecified atom stereocenters. The van der Waals surface area contributed by atoms with Crippen LogP contribution in [0.15, 0.2) is 12.3 Å². The summed E-state index contributed by atoms with van der Waals surface area (Å²) in [6.07, 6.45) is 2.16. The van der Waals surface area contributed by atoms with E-state index >= 15 is 0 Å². The van der Waals surface area contributed by atoms with Gasteiger partial charge in [0, 0.05) is 25.1 Å². The number of rotatable bonds is 5. The predicted molar refractivity (Wildman–Crippen MR) is 67.0 cm³/mol. The molecule has 0 atom stereocenters. The Kier molecular flexibility index (Phi) is 6.76. The quantitative estimate of drug-likeness (QED) is 0.827. The average molecular weight is 247 g/mol. The Morgan fingerprint density at radius 1 is 1.56 bits per heavy atom. The second kappa shape index (κ2) is 7.24. The molecule has 92 valence electrons. The molecule has 0 radical (unpaired) electrons. The molecule has 0 saturated carbocycles. The van der Waals surface area contributed by atoms with Crippen molar-refractivity contribution in [1.29, 1.82) is 0 Å². The Bertz CT molecular complexity index is 324. The maximum Gasteiger partial charge on any atom is 0.226 e. The first-order valence-electron chi connectivity index (χ1n) is 5.13. The van der Waals surface area contributed by atoms with Crippen molar-refractivity contribution < 1.29 is 4.79 Å². The van der Waals surface area contributed by atoms with Gasteiger partial charge in [0.1, 0.15) is 5.82 Å². The minimum absolute atomic E-state index is 0. The number of carbonyl (C=O) groups excluding carboxylic acids is 1. The third kappa shape index (κ3) is 4.20. The molecular weight excluding hydrogens is 228 g/mol. The Morgan fingerprint density at radius 3 is 2.81 bits per heavy atom. The summed E-state index contributed by atoms with van der Waals surface area (Å²) in [5.41, 5.74) is 0. The van der Waals surface area contributed by atoms with Crippen molar-refractivity contribution in [2.45, 2.75) is 26.3 Å². The van der Waals surface area contributed by atoms with E-state index in [1.807, 2.05) is 20.9 Å². The normalized spacial score (nSPS) is 10.0. The molecule has 16 heavy (non-hydrogen) atoms. The number of halogens is 1. The fraction of sp³-hybridized carbons (Fsp3) is 0.600. The van der Waals surface area contributed by atoms with E-state index in [1.54, 1.807) is 16.9 Å².